The molecule has 1 heterocycles. The zero-order valence-electron chi connectivity index (χ0n) is 14.1. The summed E-state index contributed by atoms with van der Waals surface area (Å²) in [4.78, 5) is 52.2. The highest BCUT2D eigenvalue weighted by atomic mass is 16.4. The lowest BCUT2D eigenvalue weighted by Gasteiger charge is -2.25. The zero-order valence-corrected chi connectivity index (χ0v) is 14.1. The molecular formula is C14H22N6O6. The Morgan fingerprint density at radius 2 is 1.92 bits per heavy atom. The van der Waals surface area contributed by atoms with Gasteiger partial charge in [0.2, 0.25) is 11.8 Å². The number of carboxylic acid groups (broad SMARTS) is 2. The first-order valence-electron chi connectivity index (χ1n) is 7.69. The second-order valence-electron chi connectivity index (χ2n) is 5.49. The minimum Gasteiger partial charge on any atom is -0.480 e. The van der Waals surface area contributed by atoms with Crippen LogP contribution in [-0.2, 0) is 25.6 Å². The minimum absolute atomic E-state index is 0.0481. The molecule has 0 spiro atoms. The third-order valence-electron chi connectivity index (χ3n) is 3.46. The molecular weight excluding hydrogens is 348 g/mol. The first-order valence-corrected chi connectivity index (χ1v) is 7.69. The van der Waals surface area contributed by atoms with Crippen LogP contribution in [0.4, 0.5) is 0 Å². The molecule has 8 N–H and O–H groups in total. The standard InChI is InChI=1S/C14H22N6O6/c1-7(19-9(13(23)24)2-8-4-16-6-18-8)12(14(25)26)20-11(22)5-17-10(21)3-15/h4,6-7,9,12,19H,2-3,5,15H2,1H3,(H,16,18)(H,17,21)(H,20,22)(H,23,24)(H,25,26)/t7-,9+,12+/m1/s1. The summed E-state index contributed by atoms with van der Waals surface area (Å²) < 4.78 is 0. The van der Waals surface area contributed by atoms with Crippen molar-refractivity contribution in [1.29, 1.82) is 0 Å². The van der Waals surface area contributed by atoms with E-state index in [0.717, 1.165) is 0 Å². The molecule has 0 saturated heterocycles. The lowest BCUT2D eigenvalue weighted by molar-refractivity contribution is -0.144. The molecule has 0 bridgehead atoms. The molecule has 26 heavy (non-hydrogen) atoms. The van der Waals surface area contributed by atoms with Crippen LogP contribution in [0.2, 0.25) is 0 Å². The number of H-pyrrole nitrogens is 1. The van der Waals surface area contributed by atoms with Gasteiger partial charge >= 0.3 is 11.9 Å². The fraction of sp³-hybridized carbons (Fsp3) is 0.500. The summed E-state index contributed by atoms with van der Waals surface area (Å²) in [6.07, 6.45) is 2.90. The van der Waals surface area contributed by atoms with E-state index in [9.17, 15) is 29.4 Å². The van der Waals surface area contributed by atoms with Crippen molar-refractivity contribution in [3.8, 4) is 0 Å². The first-order chi connectivity index (χ1) is 12.2. The van der Waals surface area contributed by atoms with Gasteiger partial charge in [0.15, 0.2) is 0 Å². The maximum atomic E-state index is 11.8. The Morgan fingerprint density at radius 3 is 2.42 bits per heavy atom. The van der Waals surface area contributed by atoms with Crippen LogP contribution in [0, 0.1) is 0 Å². The second-order valence-corrected chi connectivity index (χ2v) is 5.49. The van der Waals surface area contributed by atoms with Crippen LogP contribution >= 0.6 is 0 Å². The molecule has 0 aliphatic carbocycles. The van der Waals surface area contributed by atoms with E-state index in [2.05, 4.69) is 25.9 Å². The Kier molecular flexibility index (Phi) is 8.18. The maximum Gasteiger partial charge on any atom is 0.327 e. The maximum absolute atomic E-state index is 11.8. The van der Waals surface area contributed by atoms with E-state index in [-0.39, 0.29) is 13.0 Å². The van der Waals surface area contributed by atoms with Crippen LogP contribution < -0.4 is 21.7 Å². The Morgan fingerprint density at radius 1 is 1.23 bits per heavy atom. The monoisotopic (exact) mass is 370 g/mol. The number of amides is 2. The van der Waals surface area contributed by atoms with E-state index in [1.807, 2.05) is 0 Å². The predicted octanol–water partition coefficient (Wildman–Crippen LogP) is -2.97. The largest absolute Gasteiger partial charge is 0.480 e. The number of aliphatic carboxylic acids is 2. The highest BCUT2D eigenvalue weighted by Gasteiger charge is 2.30. The SMILES string of the molecule is C[C@@H](N[C@@H](Cc1cnc[nH]1)C(=O)O)[C@H](NC(=O)CNC(=O)CN)C(=O)O. The number of carbonyl (C=O) groups is 4. The summed E-state index contributed by atoms with van der Waals surface area (Å²) >= 11 is 0. The molecule has 2 amide bonds. The number of nitrogens with zero attached hydrogens (tertiary/aromatic N) is 1. The van der Waals surface area contributed by atoms with Gasteiger partial charge in [0.05, 0.1) is 19.4 Å². The summed E-state index contributed by atoms with van der Waals surface area (Å²) in [6.45, 7) is 0.685. The fourth-order valence-corrected chi connectivity index (χ4v) is 2.12. The van der Waals surface area contributed by atoms with Gasteiger partial charge in [0.25, 0.3) is 0 Å². The molecule has 0 aromatic carbocycles. The molecule has 1 rings (SSSR count). The summed E-state index contributed by atoms with van der Waals surface area (Å²) in [5.74, 6) is -3.84. The van der Waals surface area contributed by atoms with Gasteiger partial charge in [-0.2, -0.15) is 0 Å². The first kappa shape index (κ1) is 21.1. The van der Waals surface area contributed by atoms with Crippen molar-refractivity contribution in [2.24, 2.45) is 5.73 Å². The Hall–Kier alpha value is -2.99. The molecule has 0 aliphatic heterocycles. The average Bonchev–Trinajstić information content (AvgIpc) is 3.09. The number of hydrogen-bond donors (Lipinski definition) is 7. The van der Waals surface area contributed by atoms with Crippen molar-refractivity contribution >= 4 is 23.8 Å². The highest BCUT2D eigenvalue weighted by Crippen LogP contribution is 2.03. The van der Waals surface area contributed by atoms with Gasteiger partial charge in [-0.25, -0.2) is 9.78 Å². The Bertz CT molecular complexity index is 634. The smallest absolute Gasteiger partial charge is 0.327 e. The summed E-state index contributed by atoms with van der Waals surface area (Å²) in [7, 11) is 0. The van der Waals surface area contributed by atoms with Crippen LogP contribution in [0.5, 0.6) is 0 Å². The van der Waals surface area contributed by atoms with E-state index in [0.29, 0.717) is 5.69 Å². The van der Waals surface area contributed by atoms with Crippen LogP contribution in [0.25, 0.3) is 0 Å². The summed E-state index contributed by atoms with van der Waals surface area (Å²) in [6, 6.07) is -3.41. The van der Waals surface area contributed by atoms with Gasteiger partial charge in [-0.05, 0) is 6.92 Å². The summed E-state index contributed by atoms with van der Waals surface area (Å²) in [5, 5.41) is 25.7. The van der Waals surface area contributed by atoms with Crippen molar-refractivity contribution in [1.82, 2.24) is 25.9 Å². The number of carbonyl (C=O) groups excluding carboxylic acids is 2. The number of carboxylic acids is 2. The minimum atomic E-state index is -1.40. The van der Waals surface area contributed by atoms with Gasteiger partial charge in [0.1, 0.15) is 12.1 Å². The molecule has 12 heteroatoms. The normalized spacial score (nSPS) is 14.1. The van der Waals surface area contributed by atoms with E-state index in [1.165, 1.54) is 19.4 Å². The Labute approximate surface area is 148 Å². The number of imidazole rings is 1. The van der Waals surface area contributed by atoms with Gasteiger partial charge in [0, 0.05) is 24.4 Å². The molecule has 0 radical (unpaired) electrons. The van der Waals surface area contributed by atoms with Gasteiger partial charge in [-0.1, -0.05) is 0 Å². The molecule has 0 saturated carbocycles. The fourth-order valence-electron chi connectivity index (χ4n) is 2.12. The molecule has 1 aromatic heterocycles. The van der Waals surface area contributed by atoms with Crippen LogP contribution in [-0.4, -0.2) is 75.1 Å². The van der Waals surface area contributed by atoms with E-state index in [1.54, 1.807) is 0 Å². The molecule has 1 aromatic rings. The molecule has 3 atom stereocenters. The number of hydrogen-bond acceptors (Lipinski definition) is 7. The predicted molar refractivity (Wildman–Crippen MR) is 87.9 cm³/mol. The number of nitrogens with one attached hydrogen (secondary N) is 4. The average molecular weight is 370 g/mol. The van der Waals surface area contributed by atoms with Gasteiger partial charge in [-0.15, -0.1) is 0 Å². The van der Waals surface area contributed by atoms with Crippen molar-refractivity contribution in [3.63, 3.8) is 0 Å². The molecule has 0 fully saturated rings. The van der Waals surface area contributed by atoms with E-state index >= 15 is 0 Å². The zero-order chi connectivity index (χ0) is 19.7. The van der Waals surface area contributed by atoms with Crippen LogP contribution in [0.3, 0.4) is 0 Å². The second kappa shape index (κ2) is 10.1. The molecule has 12 nitrogen and oxygen atoms in total. The molecule has 0 aliphatic rings. The van der Waals surface area contributed by atoms with Crippen molar-refractivity contribution in [3.05, 3.63) is 18.2 Å². The van der Waals surface area contributed by atoms with Crippen molar-refractivity contribution in [2.45, 2.75) is 31.5 Å². The lowest BCUT2D eigenvalue weighted by atomic mass is 10.1. The van der Waals surface area contributed by atoms with Gasteiger partial charge < -0.3 is 31.6 Å². The van der Waals surface area contributed by atoms with E-state index in [4.69, 9.17) is 5.73 Å². The molecule has 144 valence electrons. The van der Waals surface area contributed by atoms with E-state index < -0.39 is 48.4 Å². The Balaban J connectivity index is 2.68. The lowest BCUT2D eigenvalue weighted by Crippen LogP contribution is -2.58. The van der Waals surface area contributed by atoms with Crippen LogP contribution in [0.1, 0.15) is 12.6 Å². The summed E-state index contributed by atoms with van der Waals surface area (Å²) in [5.41, 5.74) is 5.64. The van der Waals surface area contributed by atoms with Crippen molar-refractivity contribution < 1.29 is 29.4 Å². The van der Waals surface area contributed by atoms with Gasteiger partial charge in [-0.3, -0.25) is 19.7 Å². The number of aromatic amines is 1. The quantitative estimate of drug-likeness (QED) is 0.212. The topological polar surface area (TPSA) is 200 Å². The number of nitrogens with two attached hydrogens (primary N) is 1. The third-order valence-corrected chi connectivity index (χ3v) is 3.46. The number of rotatable bonds is 11. The van der Waals surface area contributed by atoms with Crippen molar-refractivity contribution in [2.75, 3.05) is 13.1 Å². The highest BCUT2D eigenvalue weighted by molar-refractivity contribution is 5.88. The number of aromatic nitrogens is 2. The third kappa shape index (κ3) is 6.86. The molecule has 0 unspecified atom stereocenters. The van der Waals surface area contributed by atoms with Crippen LogP contribution in [0.15, 0.2) is 12.5 Å².